The van der Waals surface area contributed by atoms with E-state index in [1.54, 1.807) is 6.07 Å². The number of carbonyl (C=O) groups is 1. The minimum atomic E-state index is -0.380. The van der Waals surface area contributed by atoms with Crippen LogP contribution in [0.3, 0.4) is 0 Å². The van der Waals surface area contributed by atoms with Crippen molar-refractivity contribution in [3.05, 3.63) is 64.5 Å². The van der Waals surface area contributed by atoms with Gasteiger partial charge in [-0.05, 0) is 49.1 Å². The summed E-state index contributed by atoms with van der Waals surface area (Å²) in [6.07, 6.45) is 2.20. The van der Waals surface area contributed by atoms with Gasteiger partial charge in [0.15, 0.2) is 0 Å². The minimum absolute atomic E-state index is 0.246. The minimum Gasteiger partial charge on any atom is -0.487 e. The van der Waals surface area contributed by atoms with Gasteiger partial charge in [-0.2, -0.15) is 0 Å². The number of aliphatic hydroxyl groups excluding tert-OH is 1. The highest BCUT2D eigenvalue weighted by molar-refractivity contribution is 6.36. The second kappa shape index (κ2) is 7.28. The molecule has 1 unspecified atom stereocenters. The second-order valence-corrected chi connectivity index (χ2v) is 8.05. The fourth-order valence-corrected chi connectivity index (χ4v) is 4.59. The van der Waals surface area contributed by atoms with Crippen molar-refractivity contribution in [1.82, 2.24) is 4.90 Å². The summed E-state index contributed by atoms with van der Waals surface area (Å²) in [5, 5.41) is 12.2. The average Bonchev–Trinajstić information content (AvgIpc) is 3.27. The number of ether oxygens (including phenoxy) is 1. The second-order valence-electron chi connectivity index (χ2n) is 8.05. The molecule has 5 rings (SSSR count). The SMILES string of the molecule is O=C1Nc2ccc(F)cc2C1=C1OCc2cc(CN3CCCC(CO)C3)ccc21. The third-order valence-electron chi connectivity index (χ3n) is 6.01. The highest BCUT2D eigenvalue weighted by atomic mass is 19.1. The predicted octanol–water partition coefficient (Wildman–Crippen LogP) is 3.38. The summed E-state index contributed by atoms with van der Waals surface area (Å²) in [5.41, 5.74) is 4.68. The smallest absolute Gasteiger partial charge is 0.260 e. The van der Waals surface area contributed by atoms with E-state index >= 15 is 0 Å². The molecule has 29 heavy (non-hydrogen) atoms. The monoisotopic (exact) mass is 394 g/mol. The van der Waals surface area contributed by atoms with Crippen LogP contribution in [0.2, 0.25) is 0 Å². The molecular weight excluding hydrogens is 371 g/mol. The topological polar surface area (TPSA) is 61.8 Å². The van der Waals surface area contributed by atoms with Crippen LogP contribution in [-0.4, -0.2) is 35.6 Å². The van der Waals surface area contributed by atoms with Crippen LogP contribution in [0, 0.1) is 11.7 Å². The number of carbonyl (C=O) groups excluding carboxylic acids is 1. The molecule has 0 spiro atoms. The van der Waals surface area contributed by atoms with E-state index in [9.17, 15) is 14.3 Å². The van der Waals surface area contributed by atoms with Crippen LogP contribution in [-0.2, 0) is 22.7 Å². The average molecular weight is 394 g/mol. The molecule has 1 atom stereocenters. The van der Waals surface area contributed by atoms with Crippen molar-refractivity contribution in [3.8, 4) is 0 Å². The lowest BCUT2D eigenvalue weighted by molar-refractivity contribution is -0.110. The number of benzene rings is 2. The summed E-state index contributed by atoms with van der Waals surface area (Å²) in [4.78, 5) is 14.9. The molecule has 0 aromatic heterocycles. The molecular formula is C23H23FN2O3. The molecule has 5 nitrogen and oxygen atoms in total. The van der Waals surface area contributed by atoms with Crippen LogP contribution in [0.5, 0.6) is 0 Å². The number of likely N-dealkylation sites (tertiary alicyclic amines) is 1. The van der Waals surface area contributed by atoms with Gasteiger partial charge in [0.25, 0.3) is 5.91 Å². The normalized spacial score (nSPS) is 23.5. The number of nitrogens with one attached hydrogen (secondary N) is 1. The molecule has 6 heteroatoms. The Morgan fingerprint density at radius 2 is 2.10 bits per heavy atom. The summed E-state index contributed by atoms with van der Waals surface area (Å²) in [5.74, 6) is 0.237. The zero-order valence-corrected chi connectivity index (χ0v) is 16.1. The fourth-order valence-electron chi connectivity index (χ4n) is 4.59. The maximum absolute atomic E-state index is 13.8. The molecule has 2 N–H and O–H groups in total. The molecule has 0 aliphatic carbocycles. The number of rotatable bonds is 3. The van der Waals surface area contributed by atoms with Crippen LogP contribution < -0.4 is 5.32 Å². The molecule has 3 heterocycles. The van der Waals surface area contributed by atoms with Crippen molar-refractivity contribution in [2.75, 3.05) is 25.0 Å². The van der Waals surface area contributed by atoms with E-state index in [-0.39, 0.29) is 18.3 Å². The van der Waals surface area contributed by atoms with Crippen molar-refractivity contribution in [2.45, 2.75) is 26.0 Å². The van der Waals surface area contributed by atoms with Crippen LogP contribution >= 0.6 is 0 Å². The molecule has 2 aromatic rings. The van der Waals surface area contributed by atoms with E-state index in [2.05, 4.69) is 22.3 Å². The molecule has 150 valence electrons. The Kier molecular flexibility index (Phi) is 4.60. The van der Waals surface area contributed by atoms with Gasteiger partial charge >= 0.3 is 0 Å². The van der Waals surface area contributed by atoms with Gasteiger partial charge in [0, 0.05) is 42.1 Å². The summed E-state index contributed by atoms with van der Waals surface area (Å²) in [6.45, 7) is 3.45. The molecule has 3 aliphatic heterocycles. The van der Waals surface area contributed by atoms with Crippen LogP contribution in [0.15, 0.2) is 36.4 Å². The third-order valence-corrected chi connectivity index (χ3v) is 6.01. The zero-order chi connectivity index (χ0) is 20.0. The number of piperidine rings is 1. The molecule has 0 radical (unpaired) electrons. The highest BCUT2D eigenvalue weighted by Gasteiger charge is 2.33. The van der Waals surface area contributed by atoms with E-state index < -0.39 is 0 Å². The molecule has 0 bridgehead atoms. The first-order valence-corrected chi connectivity index (χ1v) is 10.1. The quantitative estimate of drug-likeness (QED) is 0.784. The van der Waals surface area contributed by atoms with Gasteiger partial charge in [0.1, 0.15) is 18.2 Å². The number of fused-ring (bicyclic) bond motifs is 2. The Hall–Kier alpha value is -2.70. The van der Waals surface area contributed by atoms with Gasteiger partial charge in [-0.25, -0.2) is 4.39 Å². The van der Waals surface area contributed by atoms with Crippen molar-refractivity contribution < 1.29 is 19.0 Å². The maximum Gasteiger partial charge on any atom is 0.260 e. The Morgan fingerprint density at radius 3 is 2.97 bits per heavy atom. The number of aliphatic hydroxyl groups is 1. The predicted molar refractivity (Wildman–Crippen MR) is 108 cm³/mol. The standard InChI is InChI=1S/C23H23FN2O3/c24-17-4-6-20-19(9-17)21(23(28)25-20)22-18-5-3-14(8-16(18)13-29-22)10-26-7-1-2-15(11-26)12-27/h3-6,8-9,15,27H,1-2,7,10-13H2,(H,25,28). The van der Waals surface area contributed by atoms with E-state index in [4.69, 9.17) is 4.74 Å². The lowest BCUT2D eigenvalue weighted by Gasteiger charge is -2.31. The van der Waals surface area contributed by atoms with E-state index in [1.807, 2.05) is 6.07 Å². The number of halogens is 1. The van der Waals surface area contributed by atoms with Gasteiger partial charge < -0.3 is 15.2 Å². The van der Waals surface area contributed by atoms with Crippen LogP contribution in [0.25, 0.3) is 11.3 Å². The van der Waals surface area contributed by atoms with E-state index in [1.165, 1.54) is 17.7 Å². The number of hydrogen-bond donors (Lipinski definition) is 2. The first-order valence-electron chi connectivity index (χ1n) is 10.1. The molecule has 2 aromatic carbocycles. The number of hydrogen-bond acceptors (Lipinski definition) is 4. The Balaban J connectivity index is 1.44. The first-order chi connectivity index (χ1) is 14.1. The Bertz CT molecular complexity index is 1020. The van der Waals surface area contributed by atoms with Gasteiger partial charge in [0.2, 0.25) is 0 Å². The zero-order valence-electron chi connectivity index (χ0n) is 16.1. The van der Waals surface area contributed by atoms with Crippen molar-refractivity contribution in [2.24, 2.45) is 5.92 Å². The fraction of sp³-hybridized carbons (Fsp3) is 0.348. The Labute approximate surface area is 168 Å². The summed E-state index contributed by atoms with van der Waals surface area (Å²) in [7, 11) is 0. The third kappa shape index (κ3) is 3.32. The summed E-state index contributed by atoms with van der Waals surface area (Å²) in [6, 6.07) is 10.5. The molecule has 3 aliphatic rings. The van der Waals surface area contributed by atoms with Gasteiger partial charge in [0.05, 0.1) is 5.57 Å². The molecule has 0 saturated carbocycles. The lowest BCUT2D eigenvalue weighted by Crippen LogP contribution is -2.36. The number of anilines is 1. The summed E-state index contributed by atoms with van der Waals surface area (Å²) >= 11 is 0. The van der Waals surface area contributed by atoms with Crippen LogP contribution in [0.1, 0.15) is 35.1 Å². The highest BCUT2D eigenvalue weighted by Crippen LogP contribution is 2.42. The molecule has 1 amide bonds. The first kappa shape index (κ1) is 18.3. The maximum atomic E-state index is 13.8. The van der Waals surface area contributed by atoms with Gasteiger partial charge in [-0.15, -0.1) is 0 Å². The lowest BCUT2D eigenvalue weighted by atomic mass is 9.97. The van der Waals surface area contributed by atoms with Crippen molar-refractivity contribution >= 4 is 22.9 Å². The molecule has 1 saturated heterocycles. The van der Waals surface area contributed by atoms with E-state index in [0.29, 0.717) is 35.1 Å². The number of amides is 1. The van der Waals surface area contributed by atoms with Crippen molar-refractivity contribution in [1.29, 1.82) is 0 Å². The van der Waals surface area contributed by atoms with Gasteiger partial charge in [-0.1, -0.05) is 18.2 Å². The van der Waals surface area contributed by atoms with Crippen LogP contribution in [0.4, 0.5) is 10.1 Å². The van der Waals surface area contributed by atoms with Crippen molar-refractivity contribution in [3.63, 3.8) is 0 Å². The molecule has 1 fully saturated rings. The summed E-state index contributed by atoms with van der Waals surface area (Å²) < 4.78 is 19.7. The Morgan fingerprint density at radius 1 is 1.21 bits per heavy atom. The largest absolute Gasteiger partial charge is 0.487 e. The number of nitrogens with zero attached hydrogens (tertiary/aromatic N) is 1. The van der Waals surface area contributed by atoms with E-state index in [0.717, 1.165) is 43.6 Å². The van der Waals surface area contributed by atoms with Gasteiger partial charge in [-0.3, -0.25) is 9.69 Å².